The van der Waals surface area contributed by atoms with Gasteiger partial charge in [-0.1, -0.05) is 12.8 Å². The Morgan fingerprint density at radius 1 is 1.24 bits per heavy atom. The minimum Gasteiger partial charge on any atom is -0.444 e. The summed E-state index contributed by atoms with van der Waals surface area (Å²) in [6, 6.07) is 0. The monoisotopic (exact) mass is 304 g/mol. The fraction of sp³-hybridized carbons (Fsp3) is 0.933. The van der Waals surface area contributed by atoms with E-state index in [9.17, 15) is 13.6 Å². The molecule has 0 bridgehead atoms. The van der Waals surface area contributed by atoms with Gasteiger partial charge in [-0.25, -0.2) is 13.6 Å². The maximum Gasteiger partial charge on any atom is 0.408 e. The van der Waals surface area contributed by atoms with E-state index in [0.29, 0.717) is 12.8 Å². The van der Waals surface area contributed by atoms with E-state index in [2.05, 4.69) is 5.32 Å². The largest absolute Gasteiger partial charge is 0.444 e. The van der Waals surface area contributed by atoms with E-state index in [4.69, 9.17) is 10.5 Å². The summed E-state index contributed by atoms with van der Waals surface area (Å²) >= 11 is 0. The number of amides is 1. The SMILES string of the molecule is CC(C)(C)OC(=O)NC1(C2(CN)CC(F)(F)C2)CCCC1. The van der Waals surface area contributed by atoms with E-state index in [1.165, 1.54) is 0 Å². The summed E-state index contributed by atoms with van der Waals surface area (Å²) in [7, 11) is 0. The summed E-state index contributed by atoms with van der Waals surface area (Å²) < 4.78 is 32.2. The number of halogens is 2. The molecule has 0 aromatic carbocycles. The third-order valence-electron chi connectivity index (χ3n) is 4.80. The molecule has 4 nitrogen and oxygen atoms in total. The van der Waals surface area contributed by atoms with Crippen molar-refractivity contribution >= 4 is 6.09 Å². The zero-order valence-electron chi connectivity index (χ0n) is 13.1. The highest BCUT2D eigenvalue weighted by molar-refractivity contribution is 5.69. The predicted octanol–water partition coefficient (Wildman–Crippen LogP) is 3.20. The summed E-state index contributed by atoms with van der Waals surface area (Å²) in [5.74, 6) is -2.66. The molecule has 0 spiro atoms. The minimum atomic E-state index is -2.66. The molecule has 21 heavy (non-hydrogen) atoms. The Bertz CT molecular complexity index is 404. The summed E-state index contributed by atoms with van der Waals surface area (Å²) in [4.78, 5) is 12.1. The van der Waals surface area contributed by atoms with Crippen LogP contribution in [0.1, 0.15) is 59.3 Å². The molecule has 0 heterocycles. The van der Waals surface area contributed by atoms with Gasteiger partial charge >= 0.3 is 6.09 Å². The van der Waals surface area contributed by atoms with Crippen LogP contribution >= 0.6 is 0 Å². The normalized spacial score (nSPS) is 26.0. The van der Waals surface area contributed by atoms with Gasteiger partial charge in [0.05, 0.1) is 5.54 Å². The van der Waals surface area contributed by atoms with E-state index < -0.39 is 28.6 Å². The van der Waals surface area contributed by atoms with Crippen LogP contribution in [0.25, 0.3) is 0 Å². The zero-order chi connectivity index (χ0) is 15.9. The van der Waals surface area contributed by atoms with Gasteiger partial charge in [0.2, 0.25) is 5.92 Å². The molecule has 0 radical (unpaired) electrons. The Labute approximate surface area is 124 Å². The van der Waals surface area contributed by atoms with Crippen LogP contribution in [0, 0.1) is 5.41 Å². The van der Waals surface area contributed by atoms with Crippen LogP contribution in [0.2, 0.25) is 0 Å². The smallest absolute Gasteiger partial charge is 0.408 e. The quantitative estimate of drug-likeness (QED) is 0.841. The van der Waals surface area contributed by atoms with Crippen molar-refractivity contribution in [2.45, 2.75) is 76.4 Å². The maximum atomic E-state index is 13.5. The Kier molecular flexibility index (Phi) is 3.98. The van der Waals surface area contributed by atoms with E-state index >= 15 is 0 Å². The second-order valence-electron chi connectivity index (χ2n) is 7.61. The van der Waals surface area contributed by atoms with Gasteiger partial charge < -0.3 is 15.8 Å². The van der Waals surface area contributed by atoms with Crippen molar-refractivity contribution in [1.82, 2.24) is 5.32 Å². The molecule has 2 aliphatic rings. The summed E-state index contributed by atoms with van der Waals surface area (Å²) in [6.07, 6.45) is 2.21. The lowest BCUT2D eigenvalue weighted by Crippen LogP contribution is -2.69. The number of alkyl halides is 2. The first-order chi connectivity index (χ1) is 9.53. The van der Waals surface area contributed by atoms with Gasteiger partial charge in [0.1, 0.15) is 5.60 Å². The number of carbonyl (C=O) groups is 1. The highest BCUT2D eigenvalue weighted by Crippen LogP contribution is 2.60. The van der Waals surface area contributed by atoms with Gasteiger partial charge in [-0.2, -0.15) is 0 Å². The molecular formula is C15H26F2N2O2. The lowest BCUT2D eigenvalue weighted by Gasteiger charge is -2.57. The van der Waals surface area contributed by atoms with Crippen LogP contribution in [-0.2, 0) is 4.74 Å². The standard InChI is InChI=1S/C15H26F2N2O2/c1-12(2,3)21-11(20)19-14(6-4-5-7-14)13(10-18)8-15(16,17)9-13/h4-10,18H2,1-3H3,(H,19,20). The van der Waals surface area contributed by atoms with E-state index in [-0.39, 0.29) is 19.4 Å². The highest BCUT2D eigenvalue weighted by Gasteiger charge is 2.66. The van der Waals surface area contributed by atoms with E-state index in [1.54, 1.807) is 20.8 Å². The van der Waals surface area contributed by atoms with Crippen molar-refractivity contribution in [3.8, 4) is 0 Å². The molecule has 2 rings (SSSR count). The number of carbonyl (C=O) groups excluding carboxylic acids is 1. The first-order valence-corrected chi connectivity index (χ1v) is 7.62. The highest BCUT2D eigenvalue weighted by atomic mass is 19.3. The summed E-state index contributed by atoms with van der Waals surface area (Å²) in [5, 5.41) is 2.91. The summed E-state index contributed by atoms with van der Waals surface area (Å²) in [6.45, 7) is 5.51. The minimum absolute atomic E-state index is 0.165. The molecule has 2 saturated carbocycles. The molecule has 0 aromatic heterocycles. The van der Waals surface area contributed by atoms with Crippen molar-refractivity contribution in [3.63, 3.8) is 0 Å². The van der Waals surface area contributed by atoms with Gasteiger partial charge in [0.25, 0.3) is 0 Å². The molecule has 0 unspecified atom stereocenters. The Morgan fingerprint density at radius 2 is 1.76 bits per heavy atom. The molecule has 2 fully saturated rings. The third-order valence-corrected chi connectivity index (χ3v) is 4.80. The number of alkyl carbamates (subject to hydrolysis) is 1. The van der Waals surface area contributed by atoms with Crippen molar-refractivity contribution in [3.05, 3.63) is 0 Å². The van der Waals surface area contributed by atoms with E-state index in [0.717, 1.165) is 12.8 Å². The topological polar surface area (TPSA) is 64.3 Å². The number of ether oxygens (including phenoxy) is 1. The Balaban J connectivity index is 2.16. The van der Waals surface area contributed by atoms with Gasteiger partial charge in [-0.15, -0.1) is 0 Å². The molecule has 1 amide bonds. The van der Waals surface area contributed by atoms with Crippen LogP contribution in [-0.4, -0.2) is 29.7 Å². The fourth-order valence-corrected chi connectivity index (χ4v) is 3.88. The molecule has 0 saturated heterocycles. The number of hydrogen-bond acceptors (Lipinski definition) is 3. The van der Waals surface area contributed by atoms with Crippen molar-refractivity contribution in [2.75, 3.05) is 6.54 Å². The number of rotatable bonds is 3. The maximum absolute atomic E-state index is 13.5. The second-order valence-corrected chi connectivity index (χ2v) is 7.61. The molecule has 2 aliphatic carbocycles. The van der Waals surface area contributed by atoms with Crippen LogP contribution in [0.4, 0.5) is 13.6 Å². The Morgan fingerprint density at radius 3 is 2.14 bits per heavy atom. The van der Waals surface area contributed by atoms with Gasteiger partial charge in [-0.05, 0) is 33.6 Å². The first-order valence-electron chi connectivity index (χ1n) is 7.62. The predicted molar refractivity (Wildman–Crippen MR) is 76.2 cm³/mol. The second kappa shape index (κ2) is 5.07. The van der Waals surface area contributed by atoms with Crippen LogP contribution in [0.3, 0.4) is 0 Å². The lowest BCUT2D eigenvalue weighted by molar-refractivity contribution is -0.189. The van der Waals surface area contributed by atoms with Gasteiger partial charge in [-0.3, -0.25) is 0 Å². The molecule has 0 atom stereocenters. The molecule has 0 aliphatic heterocycles. The Hall–Kier alpha value is -0.910. The van der Waals surface area contributed by atoms with Gasteiger partial charge in [0, 0.05) is 24.8 Å². The van der Waals surface area contributed by atoms with Crippen molar-refractivity contribution in [2.24, 2.45) is 11.1 Å². The number of nitrogens with two attached hydrogens (primary N) is 1. The van der Waals surface area contributed by atoms with E-state index in [1.807, 2.05) is 0 Å². The lowest BCUT2D eigenvalue weighted by atomic mass is 9.54. The molecule has 0 aromatic rings. The fourth-order valence-electron chi connectivity index (χ4n) is 3.88. The van der Waals surface area contributed by atoms with Crippen LogP contribution in [0.5, 0.6) is 0 Å². The van der Waals surface area contributed by atoms with Crippen LogP contribution in [0.15, 0.2) is 0 Å². The van der Waals surface area contributed by atoms with Crippen molar-refractivity contribution < 1.29 is 18.3 Å². The zero-order valence-corrected chi connectivity index (χ0v) is 13.1. The first kappa shape index (κ1) is 16.5. The average Bonchev–Trinajstić information content (AvgIpc) is 2.72. The number of hydrogen-bond donors (Lipinski definition) is 2. The number of nitrogens with one attached hydrogen (secondary N) is 1. The molecule has 3 N–H and O–H groups in total. The van der Waals surface area contributed by atoms with Crippen molar-refractivity contribution in [1.29, 1.82) is 0 Å². The molecule has 122 valence electrons. The van der Waals surface area contributed by atoms with Crippen LogP contribution < -0.4 is 11.1 Å². The summed E-state index contributed by atoms with van der Waals surface area (Å²) in [5.41, 5.74) is 3.87. The molecule has 6 heteroatoms. The third kappa shape index (κ3) is 3.15. The van der Waals surface area contributed by atoms with Gasteiger partial charge in [0.15, 0.2) is 0 Å². The average molecular weight is 304 g/mol. The molecular weight excluding hydrogens is 278 g/mol.